The molecule has 1 aromatic carbocycles. The summed E-state index contributed by atoms with van der Waals surface area (Å²) in [6, 6.07) is 4.31. The van der Waals surface area contributed by atoms with Gasteiger partial charge in [0, 0.05) is 13.1 Å². The molecule has 8 heteroatoms. The minimum atomic E-state index is -3.72. The zero-order valence-corrected chi connectivity index (χ0v) is 12.6. The molecule has 0 atom stereocenters. The van der Waals surface area contributed by atoms with E-state index in [1.807, 2.05) is 19.0 Å². The molecule has 0 aliphatic carbocycles. The summed E-state index contributed by atoms with van der Waals surface area (Å²) in [4.78, 5) is 2.06. The Labute approximate surface area is 119 Å². The summed E-state index contributed by atoms with van der Waals surface area (Å²) < 4.78 is 27.9. The highest BCUT2D eigenvalue weighted by Crippen LogP contribution is 2.21. The normalized spacial score (nSPS) is 11.8. The molecule has 0 aromatic heterocycles. The van der Waals surface area contributed by atoms with E-state index in [9.17, 15) is 8.42 Å². The van der Waals surface area contributed by atoms with E-state index in [4.69, 9.17) is 15.6 Å². The Bertz CT molecular complexity index is 532. The number of primary sulfonamides is 1. The van der Waals surface area contributed by atoms with Gasteiger partial charge in [0.2, 0.25) is 10.0 Å². The van der Waals surface area contributed by atoms with E-state index in [1.54, 1.807) is 0 Å². The second-order valence-electron chi connectivity index (χ2n) is 4.64. The molecule has 0 heterocycles. The molecular weight excluding hydrogens is 280 g/mol. The first-order chi connectivity index (χ1) is 9.30. The van der Waals surface area contributed by atoms with Gasteiger partial charge >= 0.3 is 0 Å². The summed E-state index contributed by atoms with van der Waals surface area (Å²) in [6.45, 7) is 2.53. The van der Waals surface area contributed by atoms with E-state index in [0.29, 0.717) is 31.1 Å². The highest BCUT2D eigenvalue weighted by molar-refractivity contribution is 7.89. The molecule has 0 fully saturated rings. The van der Waals surface area contributed by atoms with E-state index in [0.717, 1.165) is 6.54 Å². The molecule has 0 saturated heterocycles. The zero-order valence-electron chi connectivity index (χ0n) is 11.8. The van der Waals surface area contributed by atoms with Gasteiger partial charge in [-0.25, -0.2) is 13.6 Å². The maximum absolute atomic E-state index is 11.3. The number of anilines is 2. The summed E-state index contributed by atoms with van der Waals surface area (Å²) in [5, 5.41) is 8.10. The van der Waals surface area contributed by atoms with Crippen LogP contribution in [-0.2, 0) is 14.8 Å². The van der Waals surface area contributed by atoms with Gasteiger partial charge in [0.25, 0.3) is 0 Å². The van der Waals surface area contributed by atoms with Gasteiger partial charge in [-0.15, -0.1) is 0 Å². The first kappa shape index (κ1) is 16.7. The van der Waals surface area contributed by atoms with Gasteiger partial charge in [-0.1, -0.05) is 0 Å². The van der Waals surface area contributed by atoms with E-state index >= 15 is 0 Å². The molecule has 0 bridgehead atoms. The number of ether oxygens (including phenoxy) is 1. The summed E-state index contributed by atoms with van der Waals surface area (Å²) in [6.07, 6.45) is 0. The average molecular weight is 302 g/mol. The quantitative estimate of drug-likeness (QED) is 0.457. The van der Waals surface area contributed by atoms with Crippen LogP contribution in [-0.4, -0.2) is 53.7 Å². The van der Waals surface area contributed by atoms with Gasteiger partial charge in [0.15, 0.2) is 0 Å². The fourth-order valence-corrected chi connectivity index (χ4v) is 2.01. The molecule has 114 valence electrons. The Hall–Kier alpha value is -1.35. The molecule has 1 aromatic rings. The first-order valence-corrected chi connectivity index (χ1v) is 7.74. The number of nitrogens with zero attached hydrogens (tertiary/aromatic N) is 1. The number of nitrogens with two attached hydrogens (primary N) is 2. The lowest BCUT2D eigenvalue weighted by Crippen LogP contribution is -2.20. The molecular formula is C12H22N4O3S. The van der Waals surface area contributed by atoms with Gasteiger partial charge in [0.1, 0.15) is 0 Å². The number of nitrogen functional groups attached to an aromatic ring is 1. The first-order valence-electron chi connectivity index (χ1n) is 6.19. The molecule has 0 radical (unpaired) electrons. The molecule has 7 nitrogen and oxygen atoms in total. The SMILES string of the molecule is CN(C)CCOCCNc1cc(S(N)(=O)=O)ccc1N. The van der Waals surface area contributed by atoms with Crippen molar-refractivity contribution in [3.8, 4) is 0 Å². The van der Waals surface area contributed by atoms with Crippen LogP contribution in [0.15, 0.2) is 23.1 Å². The number of sulfonamides is 1. The van der Waals surface area contributed by atoms with Crippen LogP contribution in [0.25, 0.3) is 0 Å². The third-order valence-corrected chi connectivity index (χ3v) is 3.51. The maximum atomic E-state index is 11.3. The van der Waals surface area contributed by atoms with E-state index < -0.39 is 10.0 Å². The van der Waals surface area contributed by atoms with Crippen molar-refractivity contribution in [2.45, 2.75) is 4.90 Å². The van der Waals surface area contributed by atoms with Crippen LogP contribution in [0.2, 0.25) is 0 Å². The lowest BCUT2D eigenvalue weighted by molar-refractivity contribution is 0.126. The number of rotatable bonds is 8. The van der Waals surface area contributed by atoms with Gasteiger partial charge < -0.3 is 20.7 Å². The molecule has 0 saturated carbocycles. The van der Waals surface area contributed by atoms with Crippen LogP contribution in [0.1, 0.15) is 0 Å². The Morgan fingerprint density at radius 3 is 2.60 bits per heavy atom. The van der Waals surface area contributed by atoms with Crippen molar-refractivity contribution in [2.24, 2.45) is 5.14 Å². The van der Waals surface area contributed by atoms with Crippen molar-refractivity contribution in [3.05, 3.63) is 18.2 Å². The number of nitrogens with one attached hydrogen (secondary N) is 1. The molecule has 1 rings (SSSR count). The fraction of sp³-hybridized carbons (Fsp3) is 0.500. The standard InChI is InChI=1S/C12H22N4O3S/c1-16(2)6-8-19-7-5-15-12-9-10(20(14,17)18)3-4-11(12)13/h3-4,9,15H,5-8,13H2,1-2H3,(H2,14,17,18). The van der Waals surface area contributed by atoms with E-state index in [2.05, 4.69) is 5.32 Å². The highest BCUT2D eigenvalue weighted by atomic mass is 32.2. The van der Waals surface area contributed by atoms with Crippen LogP contribution >= 0.6 is 0 Å². The Morgan fingerprint density at radius 2 is 2.00 bits per heavy atom. The average Bonchev–Trinajstić information content (AvgIpc) is 2.33. The number of hydrogen-bond donors (Lipinski definition) is 3. The lowest BCUT2D eigenvalue weighted by atomic mass is 10.2. The fourth-order valence-electron chi connectivity index (χ4n) is 1.47. The minimum absolute atomic E-state index is 0.0303. The minimum Gasteiger partial charge on any atom is -0.397 e. The van der Waals surface area contributed by atoms with Crippen LogP contribution in [0.4, 0.5) is 11.4 Å². The molecule has 0 unspecified atom stereocenters. The summed E-state index contributed by atoms with van der Waals surface area (Å²) >= 11 is 0. The van der Waals surface area contributed by atoms with Crippen molar-refractivity contribution < 1.29 is 13.2 Å². The number of hydrogen-bond acceptors (Lipinski definition) is 6. The molecule has 0 spiro atoms. The van der Waals surface area contributed by atoms with Crippen LogP contribution < -0.4 is 16.2 Å². The highest BCUT2D eigenvalue weighted by Gasteiger charge is 2.09. The Balaban J connectivity index is 2.48. The second kappa shape index (κ2) is 7.44. The number of benzene rings is 1. The predicted molar refractivity (Wildman–Crippen MR) is 80.1 cm³/mol. The van der Waals surface area contributed by atoms with E-state index in [-0.39, 0.29) is 4.90 Å². The van der Waals surface area contributed by atoms with Crippen molar-refractivity contribution in [1.82, 2.24) is 4.90 Å². The van der Waals surface area contributed by atoms with Gasteiger partial charge in [-0.3, -0.25) is 0 Å². The van der Waals surface area contributed by atoms with Gasteiger partial charge in [-0.05, 0) is 32.3 Å². The molecule has 0 aliphatic rings. The molecule has 5 N–H and O–H groups in total. The predicted octanol–water partition coefficient (Wildman–Crippen LogP) is -0.0937. The summed E-state index contributed by atoms with van der Waals surface area (Å²) in [5.41, 5.74) is 6.77. The van der Waals surface area contributed by atoms with Crippen molar-refractivity contribution >= 4 is 21.4 Å². The third-order valence-electron chi connectivity index (χ3n) is 2.60. The van der Waals surface area contributed by atoms with Crippen molar-refractivity contribution in [1.29, 1.82) is 0 Å². The zero-order chi connectivity index (χ0) is 15.2. The number of likely N-dealkylation sites (N-methyl/N-ethyl adjacent to an activating group) is 1. The smallest absolute Gasteiger partial charge is 0.238 e. The van der Waals surface area contributed by atoms with E-state index in [1.165, 1.54) is 18.2 Å². The topological polar surface area (TPSA) is 111 Å². The van der Waals surface area contributed by atoms with Crippen LogP contribution in [0.3, 0.4) is 0 Å². The van der Waals surface area contributed by atoms with Crippen LogP contribution in [0, 0.1) is 0 Å². The van der Waals surface area contributed by atoms with Gasteiger partial charge in [-0.2, -0.15) is 0 Å². The Kier molecular flexibility index (Phi) is 6.21. The summed E-state index contributed by atoms with van der Waals surface area (Å²) in [7, 11) is 0.223. The van der Waals surface area contributed by atoms with Gasteiger partial charge in [0.05, 0.1) is 29.5 Å². The molecule has 20 heavy (non-hydrogen) atoms. The lowest BCUT2D eigenvalue weighted by Gasteiger charge is -2.12. The van der Waals surface area contributed by atoms with Crippen molar-refractivity contribution in [2.75, 3.05) is 51.4 Å². The molecule has 0 aliphatic heterocycles. The monoisotopic (exact) mass is 302 g/mol. The third kappa shape index (κ3) is 5.74. The van der Waals surface area contributed by atoms with Crippen molar-refractivity contribution in [3.63, 3.8) is 0 Å². The molecule has 0 amide bonds. The maximum Gasteiger partial charge on any atom is 0.238 e. The van der Waals surface area contributed by atoms with Crippen LogP contribution in [0.5, 0.6) is 0 Å². The Morgan fingerprint density at radius 1 is 1.30 bits per heavy atom. The largest absolute Gasteiger partial charge is 0.397 e. The summed E-state index contributed by atoms with van der Waals surface area (Å²) in [5.74, 6) is 0. The second-order valence-corrected chi connectivity index (χ2v) is 6.20.